The second-order valence-electron chi connectivity index (χ2n) is 9.45. The molecule has 6 heteroatoms. The van der Waals surface area contributed by atoms with Crippen LogP contribution in [0, 0.1) is 0 Å². The second-order valence-corrected chi connectivity index (χ2v) is 9.45. The normalized spacial score (nSPS) is 13.5. The van der Waals surface area contributed by atoms with Gasteiger partial charge >= 0.3 is 0 Å². The lowest BCUT2D eigenvalue weighted by molar-refractivity contribution is 0.0535. The molecule has 0 radical (unpaired) electrons. The molecule has 1 aliphatic heterocycles. The van der Waals surface area contributed by atoms with Crippen molar-refractivity contribution in [3.05, 3.63) is 59.7 Å². The number of hydrogen-bond donors (Lipinski definition) is 0. The van der Waals surface area contributed by atoms with Crippen LogP contribution in [0.15, 0.2) is 48.5 Å². The Morgan fingerprint density at radius 1 is 0.583 bits per heavy atom. The van der Waals surface area contributed by atoms with Crippen molar-refractivity contribution < 1.29 is 19.1 Å². The molecule has 0 aliphatic carbocycles. The summed E-state index contributed by atoms with van der Waals surface area (Å²) in [4.78, 5) is 29.5. The fourth-order valence-electron chi connectivity index (χ4n) is 4.30. The predicted molar refractivity (Wildman–Crippen MR) is 144 cm³/mol. The van der Waals surface area contributed by atoms with E-state index in [1.54, 1.807) is 0 Å². The maximum atomic E-state index is 12.9. The lowest BCUT2D eigenvalue weighted by Gasteiger charge is -2.35. The van der Waals surface area contributed by atoms with E-state index >= 15 is 0 Å². The first-order valence-corrected chi connectivity index (χ1v) is 13.7. The Labute approximate surface area is 216 Å². The molecular weight excluding hydrogens is 452 g/mol. The standard InChI is InChI=1S/C30H42N2O4/c1-3-5-7-9-23-35-27-15-11-25(12-16-27)29(33)31-19-21-32(22-20-31)30(34)26-13-17-28(18-14-26)36-24-10-8-6-4-2/h11-18H,3-10,19-24H2,1-2H3. The molecule has 0 atom stereocenters. The van der Waals surface area contributed by atoms with Crippen LogP contribution in [-0.2, 0) is 0 Å². The summed E-state index contributed by atoms with van der Waals surface area (Å²) in [6.45, 7) is 7.91. The molecule has 6 nitrogen and oxygen atoms in total. The van der Waals surface area contributed by atoms with Crippen molar-refractivity contribution in [1.29, 1.82) is 0 Å². The number of nitrogens with zero attached hydrogens (tertiary/aromatic N) is 2. The third-order valence-electron chi connectivity index (χ3n) is 6.59. The predicted octanol–water partition coefficient (Wildman–Crippen LogP) is 6.20. The largest absolute Gasteiger partial charge is 0.494 e. The van der Waals surface area contributed by atoms with E-state index in [1.165, 1.54) is 38.5 Å². The average molecular weight is 495 g/mol. The van der Waals surface area contributed by atoms with Gasteiger partial charge in [0.25, 0.3) is 11.8 Å². The van der Waals surface area contributed by atoms with E-state index in [1.807, 2.05) is 58.3 Å². The van der Waals surface area contributed by atoms with Gasteiger partial charge in [0, 0.05) is 37.3 Å². The minimum atomic E-state index is -0.00275. The van der Waals surface area contributed by atoms with Crippen molar-refractivity contribution in [2.75, 3.05) is 39.4 Å². The lowest BCUT2D eigenvalue weighted by Crippen LogP contribution is -2.50. The first-order valence-electron chi connectivity index (χ1n) is 13.7. The molecule has 0 spiro atoms. The Kier molecular flexibility index (Phi) is 11.6. The van der Waals surface area contributed by atoms with Gasteiger partial charge in [0.05, 0.1) is 13.2 Å². The summed E-state index contributed by atoms with van der Waals surface area (Å²) in [5, 5.41) is 0. The summed E-state index contributed by atoms with van der Waals surface area (Å²) in [6.07, 6.45) is 9.35. The van der Waals surface area contributed by atoms with Crippen molar-refractivity contribution >= 4 is 11.8 Å². The lowest BCUT2D eigenvalue weighted by atomic mass is 10.1. The number of amides is 2. The highest BCUT2D eigenvalue weighted by atomic mass is 16.5. The first-order chi connectivity index (χ1) is 17.6. The van der Waals surface area contributed by atoms with Gasteiger partial charge in [0.1, 0.15) is 11.5 Å². The molecule has 2 aromatic rings. The minimum absolute atomic E-state index is 0.00275. The molecule has 0 N–H and O–H groups in total. The van der Waals surface area contributed by atoms with Crippen molar-refractivity contribution in [3.8, 4) is 11.5 Å². The molecule has 196 valence electrons. The topological polar surface area (TPSA) is 59.1 Å². The third kappa shape index (κ3) is 8.58. The molecule has 1 fully saturated rings. The van der Waals surface area contributed by atoms with Gasteiger partial charge in [-0.05, 0) is 61.4 Å². The molecule has 1 aliphatic rings. The zero-order chi connectivity index (χ0) is 25.6. The smallest absolute Gasteiger partial charge is 0.253 e. The van der Waals surface area contributed by atoms with Crippen LogP contribution in [0.2, 0.25) is 0 Å². The Bertz CT molecular complexity index is 841. The highest BCUT2D eigenvalue weighted by Crippen LogP contribution is 2.18. The Balaban J connectivity index is 1.41. The number of unbranched alkanes of at least 4 members (excludes halogenated alkanes) is 6. The van der Waals surface area contributed by atoms with Crippen LogP contribution in [0.1, 0.15) is 85.9 Å². The van der Waals surface area contributed by atoms with Crippen molar-refractivity contribution in [2.45, 2.75) is 65.2 Å². The van der Waals surface area contributed by atoms with Crippen molar-refractivity contribution in [3.63, 3.8) is 0 Å². The van der Waals surface area contributed by atoms with Crippen LogP contribution < -0.4 is 9.47 Å². The zero-order valence-corrected chi connectivity index (χ0v) is 22.0. The fourth-order valence-corrected chi connectivity index (χ4v) is 4.30. The fraction of sp³-hybridized carbons (Fsp3) is 0.533. The van der Waals surface area contributed by atoms with E-state index in [9.17, 15) is 9.59 Å². The molecule has 1 heterocycles. The summed E-state index contributed by atoms with van der Waals surface area (Å²) >= 11 is 0. The molecule has 3 rings (SSSR count). The van der Waals surface area contributed by atoms with Crippen LogP contribution in [0.5, 0.6) is 11.5 Å². The number of benzene rings is 2. The number of carbonyl (C=O) groups excluding carboxylic acids is 2. The third-order valence-corrected chi connectivity index (χ3v) is 6.59. The van der Waals surface area contributed by atoms with Gasteiger partial charge in [0.2, 0.25) is 0 Å². The molecular formula is C30H42N2O4. The summed E-state index contributed by atoms with van der Waals surface area (Å²) in [5.74, 6) is 1.59. The van der Waals surface area contributed by atoms with Crippen molar-refractivity contribution in [2.24, 2.45) is 0 Å². The molecule has 2 amide bonds. The number of ether oxygens (including phenoxy) is 2. The summed E-state index contributed by atoms with van der Waals surface area (Å²) in [6, 6.07) is 14.8. The van der Waals surface area contributed by atoms with Gasteiger partial charge in [-0.25, -0.2) is 0 Å². The van der Waals surface area contributed by atoms with E-state index < -0.39 is 0 Å². The minimum Gasteiger partial charge on any atom is -0.494 e. The number of rotatable bonds is 14. The number of piperazine rings is 1. The molecule has 0 unspecified atom stereocenters. The number of carbonyl (C=O) groups is 2. The van der Waals surface area contributed by atoms with E-state index in [-0.39, 0.29) is 11.8 Å². The van der Waals surface area contributed by atoms with Crippen LogP contribution >= 0.6 is 0 Å². The summed E-state index contributed by atoms with van der Waals surface area (Å²) < 4.78 is 11.6. The van der Waals surface area contributed by atoms with Gasteiger partial charge in [-0.1, -0.05) is 52.4 Å². The van der Waals surface area contributed by atoms with E-state index in [0.717, 1.165) is 24.3 Å². The summed E-state index contributed by atoms with van der Waals surface area (Å²) in [7, 11) is 0. The first kappa shape index (κ1) is 27.6. The van der Waals surface area contributed by atoms with E-state index in [4.69, 9.17) is 9.47 Å². The van der Waals surface area contributed by atoms with Gasteiger partial charge < -0.3 is 19.3 Å². The average Bonchev–Trinajstić information content (AvgIpc) is 2.93. The quantitative estimate of drug-likeness (QED) is 0.293. The zero-order valence-electron chi connectivity index (χ0n) is 22.0. The van der Waals surface area contributed by atoms with Crippen LogP contribution in [-0.4, -0.2) is 61.0 Å². The number of hydrogen-bond acceptors (Lipinski definition) is 4. The molecule has 0 bridgehead atoms. The Hall–Kier alpha value is -3.02. The van der Waals surface area contributed by atoms with E-state index in [2.05, 4.69) is 13.8 Å². The van der Waals surface area contributed by atoms with Gasteiger partial charge in [-0.3, -0.25) is 9.59 Å². The van der Waals surface area contributed by atoms with E-state index in [0.29, 0.717) is 50.5 Å². The SMILES string of the molecule is CCCCCCOc1ccc(C(=O)N2CCN(C(=O)c3ccc(OCCCCCC)cc3)CC2)cc1. The Morgan fingerprint density at radius 2 is 0.944 bits per heavy atom. The van der Waals surface area contributed by atoms with Crippen LogP contribution in [0.4, 0.5) is 0 Å². The molecule has 1 saturated heterocycles. The van der Waals surface area contributed by atoms with Crippen molar-refractivity contribution in [1.82, 2.24) is 9.80 Å². The summed E-state index contributed by atoms with van der Waals surface area (Å²) in [5.41, 5.74) is 1.30. The van der Waals surface area contributed by atoms with Gasteiger partial charge in [0.15, 0.2) is 0 Å². The molecule has 0 saturated carbocycles. The maximum Gasteiger partial charge on any atom is 0.253 e. The molecule has 36 heavy (non-hydrogen) atoms. The highest BCUT2D eigenvalue weighted by molar-refractivity contribution is 5.96. The monoisotopic (exact) mass is 494 g/mol. The van der Waals surface area contributed by atoms with Crippen LogP contribution in [0.3, 0.4) is 0 Å². The highest BCUT2D eigenvalue weighted by Gasteiger charge is 2.25. The van der Waals surface area contributed by atoms with Gasteiger partial charge in [-0.15, -0.1) is 0 Å². The Morgan fingerprint density at radius 3 is 1.28 bits per heavy atom. The molecule has 2 aromatic carbocycles. The van der Waals surface area contributed by atoms with Gasteiger partial charge in [-0.2, -0.15) is 0 Å². The molecule has 0 aromatic heterocycles. The van der Waals surface area contributed by atoms with Crippen LogP contribution in [0.25, 0.3) is 0 Å². The second kappa shape index (κ2) is 15.2. The maximum absolute atomic E-state index is 12.9.